The van der Waals surface area contributed by atoms with Crippen LogP contribution in [0.15, 0.2) is 40.9 Å². The van der Waals surface area contributed by atoms with Gasteiger partial charge in [-0.2, -0.15) is 20.1 Å². The van der Waals surface area contributed by atoms with Gasteiger partial charge in [-0.25, -0.2) is 4.68 Å². The molecule has 1 fully saturated rings. The lowest BCUT2D eigenvalue weighted by atomic mass is 10.1. The van der Waals surface area contributed by atoms with E-state index in [1.807, 2.05) is 44.4 Å². The molecule has 1 amide bonds. The first kappa shape index (κ1) is 22.0. The normalized spacial score (nSPS) is 14.0. The minimum Gasteiger partial charge on any atom is -0.413 e. The highest BCUT2D eigenvalue weighted by molar-refractivity contribution is 5.94. The van der Waals surface area contributed by atoms with Gasteiger partial charge in [0.05, 0.1) is 18.9 Å². The van der Waals surface area contributed by atoms with Crippen molar-refractivity contribution in [1.29, 1.82) is 0 Å². The second kappa shape index (κ2) is 9.57. The summed E-state index contributed by atoms with van der Waals surface area (Å²) in [7, 11) is 1.82. The van der Waals surface area contributed by atoms with Gasteiger partial charge in [0, 0.05) is 37.9 Å². The number of likely N-dealkylation sites (N-methyl/N-ethyl adjacent to an activating group) is 1. The standard InChI is InChI=1S/C23H26N8O3/c1-15-4-3-5-16(14-15)17-6-9-31(29-17)23-27-19(30-10-12-33-13-11-30)18-21(28-23)34-22(26-18)20(32)25-8-7-24-2/h3-6,9,14,24H,7-8,10-13H2,1-2H3,(H,25,32). The molecule has 11 nitrogen and oxygen atoms in total. The summed E-state index contributed by atoms with van der Waals surface area (Å²) >= 11 is 0. The summed E-state index contributed by atoms with van der Waals surface area (Å²) in [6.07, 6.45) is 1.81. The predicted octanol–water partition coefficient (Wildman–Crippen LogP) is 1.56. The Kier molecular flexibility index (Phi) is 6.19. The maximum absolute atomic E-state index is 12.5. The lowest BCUT2D eigenvalue weighted by Gasteiger charge is -2.27. The Labute approximate surface area is 196 Å². The summed E-state index contributed by atoms with van der Waals surface area (Å²) in [5, 5.41) is 10.4. The van der Waals surface area contributed by atoms with Crippen molar-refractivity contribution in [2.75, 3.05) is 51.3 Å². The highest BCUT2D eigenvalue weighted by atomic mass is 16.5. The van der Waals surface area contributed by atoms with Crippen molar-refractivity contribution >= 4 is 23.0 Å². The van der Waals surface area contributed by atoms with E-state index < -0.39 is 5.91 Å². The number of hydrogen-bond donors (Lipinski definition) is 2. The number of rotatable bonds is 7. The molecule has 3 aromatic heterocycles. The molecule has 0 radical (unpaired) electrons. The van der Waals surface area contributed by atoms with Crippen LogP contribution in [-0.2, 0) is 4.74 Å². The molecule has 0 atom stereocenters. The van der Waals surface area contributed by atoms with E-state index in [9.17, 15) is 4.79 Å². The molecule has 1 aliphatic rings. The average molecular weight is 463 g/mol. The van der Waals surface area contributed by atoms with Crippen LogP contribution in [0.2, 0.25) is 0 Å². The number of oxazole rings is 1. The molecule has 0 saturated carbocycles. The number of aryl methyl sites for hydroxylation is 1. The first-order valence-electron chi connectivity index (χ1n) is 11.2. The number of fused-ring (bicyclic) bond motifs is 1. The summed E-state index contributed by atoms with van der Waals surface area (Å²) < 4.78 is 12.9. The van der Waals surface area contributed by atoms with Crippen LogP contribution in [0.3, 0.4) is 0 Å². The fourth-order valence-corrected chi connectivity index (χ4v) is 3.76. The van der Waals surface area contributed by atoms with Crippen molar-refractivity contribution in [1.82, 2.24) is 35.4 Å². The summed E-state index contributed by atoms with van der Waals surface area (Å²) in [6, 6.07) is 10.0. The van der Waals surface area contributed by atoms with Gasteiger partial charge in [0.15, 0.2) is 11.3 Å². The minimum absolute atomic E-state index is 0.0482. The van der Waals surface area contributed by atoms with Crippen LogP contribution < -0.4 is 15.5 Å². The van der Waals surface area contributed by atoms with Crippen molar-refractivity contribution in [2.24, 2.45) is 0 Å². The van der Waals surface area contributed by atoms with E-state index in [1.54, 1.807) is 4.68 Å². The van der Waals surface area contributed by atoms with Crippen LogP contribution >= 0.6 is 0 Å². The van der Waals surface area contributed by atoms with Gasteiger partial charge in [-0.15, -0.1) is 0 Å². The van der Waals surface area contributed by atoms with Crippen molar-refractivity contribution in [3.05, 3.63) is 48.0 Å². The predicted molar refractivity (Wildman–Crippen MR) is 126 cm³/mol. The Bertz CT molecular complexity index is 1310. The van der Waals surface area contributed by atoms with Crippen LogP contribution in [0, 0.1) is 6.92 Å². The molecule has 1 aromatic carbocycles. The Morgan fingerprint density at radius 1 is 1.12 bits per heavy atom. The molecule has 0 unspecified atom stereocenters. The summed E-state index contributed by atoms with van der Waals surface area (Å²) in [5.74, 6) is 0.483. The van der Waals surface area contributed by atoms with Crippen molar-refractivity contribution < 1.29 is 13.9 Å². The van der Waals surface area contributed by atoms with Gasteiger partial charge in [-0.3, -0.25) is 4.79 Å². The van der Waals surface area contributed by atoms with Crippen molar-refractivity contribution in [3.8, 4) is 17.2 Å². The SMILES string of the molecule is CNCCNC(=O)c1nc2c(N3CCOCC3)nc(-n3ccc(-c4cccc(C)c4)n3)nc2o1. The summed E-state index contributed by atoms with van der Waals surface area (Å²) in [6.45, 7) is 5.59. The van der Waals surface area contributed by atoms with Crippen LogP contribution in [0.4, 0.5) is 5.82 Å². The number of hydrogen-bond acceptors (Lipinski definition) is 9. The van der Waals surface area contributed by atoms with Crippen LogP contribution in [0.5, 0.6) is 0 Å². The number of amides is 1. The molecular weight excluding hydrogens is 436 g/mol. The molecule has 1 saturated heterocycles. The monoisotopic (exact) mass is 462 g/mol. The minimum atomic E-state index is -0.399. The van der Waals surface area contributed by atoms with Gasteiger partial charge in [0.2, 0.25) is 0 Å². The number of benzene rings is 1. The number of ether oxygens (including phenoxy) is 1. The van der Waals surface area contributed by atoms with Crippen LogP contribution in [-0.4, -0.2) is 77.1 Å². The number of anilines is 1. The molecule has 34 heavy (non-hydrogen) atoms. The zero-order chi connectivity index (χ0) is 23.5. The Morgan fingerprint density at radius 3 is 2.76 bits per heavy atom. The molecule has 1 aliphatic heterocycles. The molecule has 5 rings (SSSR count). The van der Waals surface area contributed by atoms with Crippen LogP contribution in [0.1, 0.15) is 16.2 Å². The van der Waals surface area contributed by atoms with Gasteiger partial charge in [0.1, 0.15) is 0 Å². The Hall–Kier alpha value is -3.83. The Morgan fingerprint density at radius 2 is 1.97 bits per heavy atom. The molecular formula is C23H26N8O3. The van der Waals surface area contributed by atoms with Crippen LogP contribution in [0.25, 0.3) is 28.4 Å². The highest BCUT2D eigenvalue weighted by Crippen LogP contribution is 2.27. The largest absolute Gasteiger partial charge is 0.413 e. The zero-order valence-electron chi connectivity index (χ0n) is 19.1. The fraction of sp³-hybridized carbons (Fsp3) is 0.348. The fourth-order valence-electron chi connectivity index (χ4n) is 3.76. The van der Waals surface area contributed by atoms with Crippen molar-refractivity contribution in [2.45, 2.75) is 6.92 Å². The lowest BCUT2D eigenvalue weighted by molar-refractivity contribution is 0.0921. The average Bonchev–Trinajstić information content (AvgIpc) is 3.52. The molecule has 4 heterocycles. The second-order valence-electron chi connectivity index (χ2n) is 7.99. The van der Waals surface area contributed by atoms with E-state index in [0.717, 1.165) is 16.8 Å². The van der Waals surface area contributed by atoms with Gasteiger partial charge >= 0.3 is 5.91 Å². The smallest absolute Gasteiger partial charge is 0.307 e. The molecule has 176 valence electrons. The van der Waals surface area contributed by atoms with Gasteiger partial charge < -0.3 is 24.7 Å². The second-order valence-corrected chi connectivity index (χ2v) is 7.99. The van der Waals surface area contributed by atoms with Gasteiger partial charge in [0.25, 0.3) is 17.6 Å². The van der Waals surface area contributed by atoms with E-state index in [1.165, 1.54) is 0 Å². The lowest BCUT2D eigenvalue weighted by Crippen LogP contribution is -2.37. The third-order valence-corrected chi connectivity index (χ3v) is 5.50. The van der Waals surface area contributed by atoms with E-state index in [-0.39, 0.29) is 11.6 Å². The first-order chi connectivity index (χ1) is 16.6. The van der Waals surface area contributed by atoms with E-state index in [4.69, 9.17) is 14.1 Å². The van der Waals surface area contributed by atoms with E-state index in [2.05, 4.69) is 36.7 Å². The molecule has 2 N–H and O–H groups in total. The molecule has 0 aliphatic carbocycles. The third-order valence-electron chi connectivity index (χ3n) is 5.50. The zero-order valence-corrected chi connectivity index (χ0v) is 19.1. The number of nitrogens with one attached hydrogen (secondary N) is 2. The summed E-state index contributed by atoms with van der Waals surface area (Å²) in [4.78, 5) is 28.3. The molecule has 0 bridgehead atoms. The topological polar surface area (TPSA) is 123 Å². The Balaban J connectivity index is 1.54. The molecule has 0 spiro atoms. The highest BCUT2D eigenvalue weighted by Gasteiger charge is 2.24. The number of aromatic nitrogens is 5. The maximum Gasteiger partial charge on any atom is 0.307 e. The molecule has 11 heteroatoms. The van der Waals surface area contributed by atoms with Gasteiger partial charge in [-0.1, -0.05) is 23.8 Å². The number of nitrogens with zero attached hydrogens (tertiary/aromatic N) is 6. The first-order valence-corrected chi connectivity index (χ1v) is 11.2. The van der Waals surface area contributed by atoms with E-state index >= 15 is 0 Å². The van der Waals surface area contributed by atoms with Gasteiger partial charge in [-0.05, 0) is 26.1 Å². The molecule has 4 aromatic rings. The number of carbonyl (C=O) groups is 1. The summed E-state index contributed by atoms with van der Waals surface area (Å²) in [5.41, 5.74) is 3.64. The number of morpholine rings is 1. The maximum atomic E-state index is 12.5. The third kappa shape index (κ3) is 4.47. The number of carbonyl (C=O) groups excluding carboxylic acids is 1. The van der Waals surface area contributed by atoms with Crippen molar-refractivity contribution in [3.63, 3.8) is 0 Å². The quantitative estimate of drug-likeness (QED) is 0.394. The van der Waals surface area contributed by atoms with E-state index in [0.29, 0.717) is 56.7 Å².